The molecule has 0 N–H and O–H groups in total. The third-order valence-electron chi connectivity index (χ3n) is 3.57. The van der Waals surface area contributed by atoms with Gasteiger partial charge in [-0.05, 0) is 30.3 Å². The Hall–Kier alpha value is -0.490. The van der Waals surface area contributed by atoms with Gasteiger partial charge in [-0.15, -0.1) is 5.10 Å². The van der Waals surface area contributed by atoms with E-state index in [-0.39, 0.29) is 11.8 Å². The van der Waals surface area contributed by atoms with Gasteiger partial charge in [-0.1, -0.05) is 47.1 Å². The third kappa shape index (κ3) is 3.34. The average molecular weight is 346 g/mol. The van der Waals surface area contributed by atoms with E-state index in [0.29, 0.717) is 6.04 Å². The topological polar surface area (TPSA) is 46.1 Å². The molecule has 19 heavy (non-hydrogen) atoms. The fourth-order valence-electron chi connectivity index (χ4n) is 2.46. The van der Waals surface area contributed by atoms with E-state index in [1.54, 1.807) is 0 Å². The summed E-state index contributed by atoms with van der Waals surface area (Å²) in [5.41, 5.74) is 0.840. The minimum atomic E-state index is 0.116. The van der Waals surface area contributed by atoms with Gasteiger partial charge < -0.3 is 4.90 Å². The van der Waals surface area contributed by atoms with Gasteiger partial charge in [0, 0.05) is 17.9 Å². The highest BCUT2D eigenvalue weighted by Crippen LogP contribution is 2.25. The Bertz CT molecular complexity index is 435. The van der Waals surface area contributed by atoms with Crippen LogP contribution in [-0.2, 0) is 0 Å². The maximum atomic E-state index is 12.7. The van der Waals surface area contributed by atoms with Gasteiger partial charge in [0.05, 0.1) is 5.69 Å². The Balaban J connectivity index is 2.23. The number of hydrogen-bond acceptors (Lipinski definition) is 4. The van der Waals surface area contributed by atoms with Gasteiger partial charge >= 0.3 is 0 Å². The van der Waals surface area contributed by atoms with Crippen molar-refractivity contribution in [3.05, 3.63) is 10.6 Å². The molecular formula is C13H20BrN3OS. The summed E-state index contributed by atoms with van der Waals surface area (Å²) in [6, 6.07) is 0.303. The van der Waals surface area contributed by atoms with E-state index in [9.17, 15) is 4.79 Å². The van der Waals surface area contributed by atoms with Crippen LogP contribution in [0.3, 0.4) is 0 Å². The molecule has 1 fully saturated rings. The monoisotopic (exact) mass is 345 g/mol. The number of alkyl halides is 1. The molecule has 2 rings (SSSR count). The van der Waals surface area contributed by atoms with Crippen LogP contribution in [0.4, 0.5) is 0 Å². The summed E-state index contributed by atoms with van der Waals surface area (Å²) < 4.78 is 3.97. The molecule has 1 atom stereocenters. The molecule has 0 radical (unpaired) electrons. The van der Waals surface area contributed by atoms with Crippen molar-refractivity contribution in [2.45, 2.75) is 51.5 Å². The van der Waals surface area contributed by atoms with Gasteiger partial charge in [0.25, 0.3) is 5.91 Å². The summed E-state index contributed by atoms with van der Waals surface area (Å²) in [6.45, 7) is 4.96. The molecule has 1 amide bonds. The number of rotatable bonds is 3. The van der Waals surface area contributed by atoms with Crippen LogP contribution in [0.2, 0.25) is 0 Å². The zero-order valence-electron chi connectivity index (χ0n) is 11.4. The summed E-state index contributed by atoms with van der Waals surface area (Å²) in [6.07, 6.45) is 4.60. The van der Waals surface area contributed by atoms with Gasteiger partial charge in [-0.25, -0.2) is 0 Å². The maximum absolute atomic E-state index is 12.7. The third-order valence-corrected chi connectivity index (χ3v) is 5.05. The number of amides is 1. The average Bonchev–Trinajstić information content (AvgIpc) is 2.76. The second-order valence-electron chi connectivity index (χ2n) is 5.30. The summed E-state index contributed by atoms with van der Waals surface area (Å²) in [5.74, 6) is 0.358. The van der Waals surface area contributed by atoms with Crippen molar-refractivity contribution < 1.29 is 4.79 Å². The van der Waals surface area contributed by atoms with Gasteiger partial charge in [0.2, 0.25) is 0 Å². The fourth-order valence-corrected chi connectivity index (χ4v) is 3.91. The van der Waals surface area contributed by atoms with Gasteiger partial charge in [0.1, 0.15) is 4.88 Å². The van der Waals surface area contributed by atoms with Crippen LogP contribution in [0.25, 0.3) is 0 Å². The molecule has 1 aromatic rings. The SMILES string of the molecule is CC(C)c1nnsc1C(=O)N1CCCCCC1CBr. The molecule has 1 aromatic heterocycles. The lowest BCUT2D eigenvalue weighted by Gasteiger charge is -2.28. The van der Waals surface area contributed by atoms with Crippen molar-refractivity contribution in [2.24, 2.45) is 0 Å². The van der Waals surface area contributed by atoms with Crippen LogP contribution in [-0.4, -0.2) is 38.3 Å². The molecule has 106 valence electrons. The number of nitrogens with zero attached hydrogens (tertiary/aromatic N) is 3. The minimum Gasteiger partial charge on any atom is -0.334 e. The highest BCUT2D eigenvalue weighted by atomic mass is 79.9. The Morgan fingerprint density at radius 2 is 2.26 bits per heavy atom. The number of aromatic nitrogens is 2. The summed E-state index contributed by atoms with van der Waals surface area (Å²) >= 11 is 4.77. The highest BCUT2D eigenvalue weighted by molar-refractivity contribution is 9.09. The van der Waals surface area contributed by atoms with Crippen LogP contribution >= 0.6 is 27.5 Å². The van der Waals surface area contributed by atoms with Crippen LogP contribution in [0.5, 0.6) is 0 Å². The van der Waals surface area contributed by atoms with Crippen molar-refractivity contribution in [3.8, 4) is 0 Å². The zero-order chi connectivity index (χ0) is 13.8. The van der Waals surface area contributed by atoms with Crippen LogP contribution in [0.15, 0.2) is 0 Å². The predicted octanol–water partition coefficient (Wildman–Crippen LogP) is 3.44. The molecule has 0 saturated carbocycles. The largest absolute Gasteiger partial charge is 0.334 e. The summed E-state index contributed by atoms with van der Waals surface area (Å²) in [5, 5.41) is 4.96. The van der Waals surface area contributed by atoms with E-state index >= 15 is 0 Å². The first kappa shape index (κ1) is 14.9. The molecule has 0 aromatic carbocycles. The van der Waals surface area contributed by atoms with E-state index in [2.05, 4.69) is 39.4 Å². The van der Waals surface area contributed by atoms with E-state index in [4.69, 9.17) is 0 Å². The number of halogens is 1. The zero-order valence-corrected chi connectivity index (χ0v) is 13.8. The summed E-state index contributed by atoms with van der Waals surface area (Å²) in [7, 11) is 0. The summed E-state index contributed by atoms with van der Waals surface area (Å²) in [4.78, 5) is 15.5. The second-order valence-corrected chi connectivity index (χ2v) is 6.70. The molecule has 1 aliphatic rings. The normalized spacial score (nSPS) is 20.6. The quantitative estimate of drug-likeness (QED) is 0.788. The Kier molecular flexibility index (Phi) is 5.33. The smallest absolute Gasteiger partial charge is 0.267 e. The molecule has 1 saturated heterocycles. The fraction of sp³-hybridized carbons (Fsp3) is 0.769. The van der Waals surface area contributed by atoms with Crippen LogP contribution in [0, 0.1) is 0 Å². The molecule has 0 bridgehead atoms. The highest BCUT2D eigenvalue weighted by Gasteiger charge is 2.29. The lowest BCUT2D eigenvalue weighted by molar-refractivity contribution is 0.0705. The molecule has 6 heteroatoms. The number of carbonyl (C=O) groups excluding carboxylic acids is 1. The lowest BCUT2D eigenvalue weighted by Crippen LogP contribution is -2.41. The standard InChI is InChI=1S/C13H20BrN3OS/c1-9(2)11-12(19-16-15-11)13(18)17-7-5-3-4-6-10(17)8-14/h9-10H,3-8H2,1-2H3. The second kappa shape index (κ2) is 6.79. The van der Waals surface area contributed by atoms with Crippen molar-refractivity contribution >= 4 is 33.4 Å². The Morgan fingerprint density at radius 3 is 2.95 bits per heavy atom. The van der Waals surface area contributed by atoms with Gasteiger partial charge in [-0.3, -0.25) is 4.79 Å². The molecule has 4 nitrogen and oxygen atoms in total. The molecule has 0 aliphatic carbocycles. The number of hydrogen-bond donors (Lipinski definition) is 0. The Morgan fingerprint density at radius 1 is 1.47 bits per heavy atom. The van der Waals surface area contributed by atoms with E-state index in [0.717, 1.165) is 35.3 Å². The first-order chi connectivity index (χ1) is 9.15. The first-order valence-electron chi connectivity index (χ1n) is 6.84. The van der Waals surface area contributed by atoms with E-state index in [1.165, 1.54) is 24.4 Å². The Labute approximate surface area is 126 Å². The molecule has 1 aliphatic heterocycles. The van der Waals surface area contributed by atoms with Crippen LogP contribution < -0.4 is 0 Å². The molecule has 0 spiro atoms. The predicted molar refractivity (Wildman–Crippen MR) is 81.1 cm³/mol. The van der Waals surface area contributed by atoms with Gasteiger partial charge in [-0.2, -0.15) is 0 Å². The lowest BCUT2D eigenvalue weighted by atomic mass is 10.1. The van der Waals surface area contributed by atoms with E-state index in [1.807, 2.05) is 4.90 Å². The van der Waals surface area contributed by atoms with Crippen molar-refractivity contribution in [3.63, 3.8) is 0 Å². The van der Waals surface area contributed by atoms with Crippen molar-refractivity contribution in [1.82, 2.24) is 14.5 Å². The molecular weight excluding hydrogens is 326 g/mol. The van der Waals surface area contributed by atoms with E-state index < -0.39 is 0 Å². The number of likely N-dealkylation sites (tertiary alicyclic amines) is 1. The van der Waals surface area contributed by atoms with Crippen molar-refractivity contribution in [2.75, 3.05) is 11.9 Å². The number of carbonyl (C=O) groups is 1. The first-order valence-corrected chi connectivity index (χ1v) is 8.73. The maximum Gasteiger partial charge on any atom is 0.267 e. The molecule has 2 heterocycles. The van der Waals surface area contributed by atoms with Gasteiger partial charge in [0.15, 0.2) is 0 Å². The molecule has 1 unspecified atom stereocenters. The van der Waals surface area contributed by atoms with Crippen LogP contribution in [0.1, 0.15) is 60.8 Å². The van der Waals surface area contributed by atoms with Crippen molar-refractivity contribution in [1.29, 1.82) is 0 Å². The minimum absolute atomic E-state index is 0.116.